The summed E-state index contributed by atoms with van der Waals surface area (Å²) in [7, 11) is 0. The molecule has 0 aromatic heterocycles. The van der Waals surface area contributed by atoms with Crippen LogP contribution in [0.1, 0.15) is 26.2 Å². The van der Waals surface area contributed by atoms with Crippen molar-refractivity contribution in [1.29, 1.82) is 0 Å². The molecule has 5 heteroatoms. The average molecular weight is 269 g/mol. The van der Waals surface area contributed by atoms with Crippen molar-refractivity contribution in [2.45, 2.75) is 32.2 Å². The molecule has 0 aliphatic carbocycles. The van der Waals surface area contributed by atoms with Gasteiger partial charge in [-0.25, -0.2) is 8.78 Å². The molecule has 104 valence electrons. The van der Waals surface area contributed by atoms with Crippen LogP contribution in [0.3, 0.4) is 0 Å². The largest absolute Gasteiger partial charge is 0.325 e. The van der Waals surface area contributed by atoms with Gasteiger partial charge in [0.15, 0.2) is 18.2 Å². The van der Waals surface area contributed by atoms with Gasteiger partial charge in [0.2, 0.25) is 0 Å². The van der Waals surface area contributed by atoms with E-state index >= 15 is 0 Å². The van der Waals surface area contributed by atoms with Gasteiger partial charge in [-0.2, -0.15) is 0 Å². The minimum absolute atomic E-state index is 0.158. The van der Waals surface area contributed by atoms with E-state index in [1.54, 1.807) is 0 Å². The number of hydrogen-bond donors (Lipinski definition) is 2. The molecule has 1 saturated heterocycles. The second-order valence-electron chi connectivity index (χ2n) is 5.16. The molecule has 19 heavy (non-hydrogen) atoms. The van der Waals surface area contributed by atoms with Crippen molar-refractivity contribution in [3.8, 4) is 0 Å². The first kappa shape index (κ1) is 13.9. The van der Waals surface area contributed by atoms with Gasteiger partial charge >= 0.3 is 0 Å². The maximum atomic E-state index is 13.0. The van der Waals surface area contributed by atoms with Crippen LogP contribution in [-0.2, 0) is 4.79 Å². The third-order valence-corrected chi connectivity index (χ3v) is 3.67. The zero-order valence-electron chi connectivity index (χ0n) is 11.0. The zero-order valence-corrected chi connectivity index (χ0v) is 11.0. The van der Waals surface area contributed by atoms with Crippen molar-refractivity contribution >= 4 is 11.6 Å². The van der Waals surface area contributed by atoms with Gasteiger partial charge in [0.1, 0.15) is 0 Å². The summed E-state index contributed by atoms with van der Waals surface area (Å²) in [5.74, 6) is -2.01. The number of rotatable bonds is 3. The molecule has 0 spiro atoms. The van der Waals surface area contributed by atoms with Crippen LogP contribution in [0.4, 0.5) is 14.5 Å². The highest BCUT2D eigenvalue weighted by Gasteiger charge is 2.24. The smallest absolute Gasteiger partial charge is 0.279 e. The van der Waals surface area contributed by atoms with Gasteiger partial charge in [-0.1, -0.05) is 0 Å². The average Bonchev–Trinajstić information content (AvgIpc) is 2.37. The number of halogens is 2. The Morgan fingerprint density at radius 1 is 1.37 bits per heavy atom. The van der Waals surface area contributed by atoms with Gasteiger partial charge in [-0.05, 0) is 38.3 Å². The van der Waals surface area contributed by atoms with Gasteiger partial charge in [-0.3, -0.25) is 4.79 Å². The highest BCUT2D eigenvalue weighted by atomic mass is 19.2. The number of piperidine rings is 1. The normalized spacial score (nSPS) is 23.1. The van der Waals surface area contributed by atoms with E-state index in [0.29, 0.717) is 18.3 Å². The molecule has 3 nitrogen and oxygen atoms in total. The molecule has 0 bridgehead atoms. The Kier molecular flexibility index (Phi) is 4.47. The van der Waals surface area contributed by atoms with E-state index in [1.165, 1.54) is 17.4 Å². The summed E-state index contributed by atoms with van der Waals surface area (Å²) < 4.78 is 25.8. The van der Waals surface area contributed by atoms with Gasteiger partial charge < -0.3 is 10.2 Å². The molecule has 2 N–H and O–H groups in total. The number of nitrogens with one attached hydrogen (secondary N) is 2. The molecule has 1 fully saturated rings. The molecule has 1 aliphatic heterocycles. The number of carbonyl (C=O) groups excluding carboxylic acids is 1. The van der Waals surface area contributed by atoms with Gasteiger partial charge in [-0.15, -0.1) is 0 Å². The zero-order chi connectivity index (χ0) is 13.8. The summed E-state index contributed by atoms with van der Waals surface area (Å²) in [4.78, 5) is 13.1. The van der Waals surface area contributed by atoms with E-state index < -0.39 is 11.6 Å². The molecule has 1 unspecified atom stereocenters. The van der Waals surface area contributed by atoms with Crippen molar-refractivity contribution in [3.05, 3.63) is 29.8 Å². The molecule has 1 amide bonds. The monoisotopic (exact) mass is 269 g/mol. The molecule has 1 heterocycles. The SMILES string of the molecule is C[C@@H]1CCCC[NH+]1CC(=O)Nc1ccc(F)c(F)c1. The highest BCUT2D eigenvalue weighted by Crippen LogP contribution is 2.12. The summed E-state index contributed by atoms with van der Waals surface area (Å²) in [6.45, 7) is 3.51. The number of quaternary nitrogens is 1. The molecule has 1 aromatic carbocycles. The standard InChI is InChI=1S/C14H18F2N2O/c1-10-4-2-3-7-18(10)9-14(19)17-11-5-6-12(15)13(16)8-11/h5-6,8,10H,2-4,7,9H2,1H3,(H,17,19)/p+1/t10-/m1/s1. The van der Waals surface area contributed by atoms with Crippen molar-refractivity contribution < 1.29 is 18.5 Å². The molecule has 0 saturated carbocycles. The Labute approximate surface area is 111 Å². The number of amides is 1. The van der Waals surface area contributed by atoms with Gasteiger partial charge in [0.05, 0.1) is 12.6 Å². The first-order valence-corrected chi connectivity index (χ1v) is 6.66. The lowest BCUT2D eigenvalue weighted by atomic mass is 10.0. The molecular weight excluding hydrogens is 250 g/mol. The van der Waals surface area contributed by atoms with Gasteiger partial charge in [0, 0.05) is 11.8 Å². The predicted octanol–water partition coefficient (Wildman–Crippen LogP) is 1.36. The summed E-state index contributed by atoms with van der Waals surface area (Å²) >= 11 is 0. The fourth-order valence-corrected chi connectivity index (χ4v) is 2.50. The molecule has 0 radical (unpaired) electrons. The van der Waals surface area contributed by atoms with Crippen LogP contribution >= 0.6 is 0 Å². The summed E-state index contributed by atoms with van der Waals surface area (Å²) in [5.41, 5.74) is 0.299. The van der Waals surface area contributed by atoms with Crippen LogP contribution in [0.2, 0.25) is 0 Å². The van der Waals surface area contributed by atoms with Crippen molar-refractivity contribution in [3.63, 3.8) is 0 Å². The third-order valence-electron chi connectivity index (χ3n) is 3.67. The first-order valence-electron chi connectivity index (χ1n) is 6.66. The molecule has 2 rings (SSSR count). The number of anilines is 1. The minimum atomic E-state index is -0.948. The van der Waals surface area contributed by atoms with E-state index in [4.69, 9.17) is 0 Å². The van der Waals surface area contributed by atoms with Crippen molar-refractivity contribution in [2.24, 2.45) is 0 Å². The quantitative estimate of drug-likeness (QED) is 0.853. The molecule has 1 aromatic rings. The Morgan fingerprint density at radius 2 is 2.16 bits per heavy atom. The van der Waals surface area contributed by atoms with E-state index in [9.17, 15) is 13.6 Å². The van der Waals surface area contributed by atoms with Crippen LogP contribution in [0.15, 0.2) is 18.2 Å². The number of benzene rings is 1. The summed E-state index contributed by atoms with van der Waals surface area (Å²) in [6.07, 6.45) is 3.49. The Bertz CT molecular complexity index is 465. The minimum Gasteiger partial charge on any atom is -0.325 e. The van der Waals surface area contributed by atoms with Crippen LogP contribution in [-0.4, -0.2) is 25.0 Å². The van der Waals surface area contributed by atoms with Crippen LogP contribution in [0, 0.1) is 11.6 Å². The fraction of sp³-hybridized carbons (Fsp3) is 0.500. The second kappa shape index (κ2) is 6.10. The second-order valence-corrected chi connectivity index (χ2v) is 5.16. The highest BCUT2D eigenvalue weighted by molar-refractivity contribution is 5.91. The Hall–Kier alpha value is -1.49. The van der Waals surface area contributed by atoms with E-state index in [2.05, 4.69) is 12.2 Å². The topological polar surface area (TPSA) is 33.5 Å². The number of hydrogen-bond acceptors (Lipinski definition) is 1. The maximum Gasteiger partial charge on any atom is 0.279 e. The summed E-state index contributed by atoms with van der Waals surface area (Å²) in [5, 5.41) is 2.61. The lowest BCUT2D eigenvalue weighted by Crippen LogP contribution is -3.17. The van der Waals surface area contributed by atoms with E-state index in [1.807, 2.05) is 0 Å². The summed E-state index contributed by atoms with van der Waals surface area (Å²) in [6, 6.07) is 3.86. The van der Waals surface area contributed by atoms with Crippen LogP contribution in [0.25, 0.3) is 0 Å². The lowest BCUT2D eigenvalue weighted by molar-refractivity contribution is -0.920. The number of carbonyl (C=O) groups is 1. The maximum absolute atomic E-state index is 13.0. The van der Waals surface area contributed by atoms with Crippen molar-refractivity contribution in [1.82, 2.24) is 0 Å². The van der Waals surface area contributed by atoms with Crippen LogP contribution < -0.4 is 10.2 Å². The fourth-order valence-electron chi connectivity index (χ4n) is 2.50. The number of likely N-dealkylation sites (tertiary alicyclic amines) is 1. The molecule has 2 atom stereocenters. The van der Waals surface area contributed by atoms with Crippen LogP contribution in [0.5, 0.6) is 0 Å². The molecule has 1 aliphatic rings. The lowest BCUT2D eigenvalue weighted by Gasteiger charge is -2.29. The third kappa shape index (κ3) is 3.73. The Morgan fingerprint density at radius 3 is 2.84 bits per heavy atom. The molecular formula is C14H19F2N2O+. The first-order chi connectivity index (χ1) is 9.06. The Balaban J connectivity index is 1.91. The van der Waals surface area contributed by atoms with E-state index in [-0.39, 0.29) is 5.91 Å². The van der Waals surface area contributed by atoms with E-state index in [0.717, 1.165) is 31.5 Å². The van der Waals surface area contributed by atoms with Gasteiger partial charge in [0.25, 0.3) is 5.91 Å². The van der Waals surface area contributed by atoms with Crippen molar-refractivity contribution in [2.75, 3.05) is 18.4 Å². The predicted molar refractivity (Wildman–Crippen MR) is 69.0 cm³/mol.